The quantitative estimate of drug-likeness (QED) is 0.590. The minimum absolute atomic E-state index is 0.0797. The van der Waals surface area contributed by atoms with Crippen LogP contribution in [0.4, 0.5) is 14.5 Å². The summed E-state index contributed by atoms with van der Waals surface area (Å²) in [5.41, 5.74) is 3.61. The average molecular weight is 412 g/mol. The summed E-state index contributed by atoms with van der Waals surface area (Å²) in [4.78, 5) is -0.404. The van der Waals surface area contributed by atoms with Gasteiger partial charge >= 0.3 is 5.76 Å². The molecule has 3 aromatic rings. The van der Waals surface area contributed by atoms with E-state index in [1.807, 2.05) is 65.7 Å². The van der Waals surface area contributed by atoms with Crippen molar-refractivity contribution < 1.29 is 17.2 Å². The Bertz CT molecular complexity index is 1120. The lowest BCUT2D eigenvalue weighted by atomic mass is 9.98. The number of alkyl halides is 2. The number of nitrogens with zero attached hydrogens (tertiary/aromatic N) is 2. The molecule has 1 heterocycles. The molecule has 0 fully saturated rings. The van der Waals surface area contributed by atoms with E-state index in [4.69, 9.17) is 5.10 Å². The van der Waals surface area contributed by atoms with Crippen molar-refractivity contribution >= 4 is 21.2 Å². The number of halogens is 2. The van der Waals surface area contributed by atoms with Crippen LogP contribution >= 0.6 is 0 Å². The Kier molecular flexibility index (Phi) is 5.15. The molecule has 0 unspecified atom stereocenters. The molecule has 0 aliphatic carbocycles. The van der Waals surface area contributed by atoms with Crippen molar-refractivity contribution in [2.75, 3.05) is 5.01 Å². The summed E-state index contributed by atoms with van der Waals surface area (Å²) in [6.07, 6.45) is 0.672. The molecule has 0 radical (unpaired) electrons. The molecule has 0 aromatic heterocycles. The lowest BCUT2D eigenvalue weighted by Gasteiger charge is -2.24. The van der Waals surface area contributed by atoms with Gasteiger partial charge in [0, 0.05) is 6.42 Å². The van der Waals surface area contributed by atoms with Crippen molar-refractivity contribution in [1.29, 1.82) is 0 Å². The first-order valence-electron chi connectivity index (χ1n) is 9.06. The fraction of sp³-hybridized carbons (Fsp3) is 0.136. The van der Waals surface area contributed by atoms with Gasteiger partial charge in [0.2, 0.25) is 9.84 Å². The van der Waals surface area contributed by atoms with Gasteiger partial charge in [-0.05, 0) is 35.4 Å². The lowest BCUT2D eigenvalue weighted by molar-refractivity contribution is 0.234. The lowest BCUT2D eigenvalue weighted by Crippen LogP contribution is -2.18. The standard InChI is InChI=1S/C22H18F2N2O2S/c23-22(24)29(27,28)19-13-11-18(12-14-19)26-21(17-9-5-2-6-10-17)15-20(25-26)16-7-3-1-4-8-16/h1-14,21-22H,15H2/t21-/m0/s1. The van der Waals surface area contributed by atoms with Crippen LogP contribution in [0, 0.1) is 0 Å². The smallest absolute Gasteiger partial charge is 0.257 e. The van der Waals surface area contributed by atoms with Gasteiger partial charge in [0.05, 0.1) is 22.3 Å². The molecule has 7 heteroatoms. The minimum Gasteiger partial charge on any atom is -0.257 e. The Morgan fingerprint density at radius 3 is 2.03 bits per heavy atom. The highest BCUT2D eigenvalue weighted by atomic mass is 32.2. The first-order valence-corrected chi connectivity index (χ1v) is 10.6. The number of sulfone groups is 1. The van der Waals surface area contributed by atoms with Crippen LogP contribution in [0.1, 0.15) is 23.6 Å². The van der Waals surface area contributed by atoms with Crippen molar-refractivity contribution in [3.05, 3.63) is 96.1 Å². The van der Waals surface area contributed by atoms with E-state index >= 15 is 0 Å². The fourth-order valence-electron chi connectivity index (χ4n) is 3.38. The minimum atomic E-state index is -4.62. The van der Waals surface area contributed by atoms with Crippen LogP contribution < -0.4 is 5.01 Å². The summed E-state index contributed by atoms with van der Waals surface area (Å²) in [5, 5.41) is 6.58. The third-order valence-corrected chi connectivity index (χ3v) is 6.26. The first kappa shape index (κ1) is 19.3. The van der Waals surface area contributed by atoms with Gasteiger partial charge in [-0.3, -0.25) is 5.01 Å². The molecular weight excluding hydrogens is 394 g/mol. The van der Waals surface area contributed by atoms with E-state index in [0.717, 1.165) is 16.8 Å². The maximum atomic E-state index is 12.8. The Morgan fingerprint density at radius 2 is 1.45 bits per heavy atom. The van der Waals surface area contributed by atoms with Gasteiger partial charge in [0.25, 0.3) is 0 Å². The Hall–Kier alpha value is -3.06. The fourth-order valence-corrected chi connectivity index (χ4v) is 4.10. The molecule has 1 aliphatic rings. The van der Waals surface area contributed by atoms with E-state index in [9.17, 15) is 17.2 Å². The van der Waals surface area contributed by atoms with E-state index in [2.05, 4.69) is 0 Å². The molecule has 0 bridgehead atoms. The highest BCUT2D eigenvalue weighted by molar-refractivity contribution is 7.91. The predicted molar refractivity (Wildman–Crippen MR) is 109 cm³/mol. The number of hydrogen-bond donors (Lipinski definition) is 0. The molecule has 0 amide bonds. The molecule has 0 saturated carbocycles. The van der Waals surface area contributed by atoms with Crippen molar-refractivity contribution in [3.8, 4) is 0 Å². The van der Waals surface area contributed by atoms with E-state index in [-0.39, 0.29) is 6.04 Å². The molecule has 1 aliphatic heterocycles. The van der Waals surface area contributed by atoms with Crippen LogP contribution in [0.5, 0.6) is 0 Å². The SMILES string of the molecule is O=S(=O)(c1ccc(N2N=C(c3ccccc3)C[C@H]2c2ccccc2)cc1)C(F)F. The molecule has 0 spiro atoms. The van der Waals surface area contributed by atoms with E-state index < -0.39 is 20.5 Å². The Balaban J connectivity index is 1.72. The number of hydrazone groups is 1. The highest BCUT2D eigenvalue weighted by Gasteiger charge is 2.31. The maximum Gasteiger partial charge on any atom is 0.341 e. The topological polar surface area (TPSA) is 49.7 Å². The second-order valence-electron chi connectivity index (χ2n) is 6.69. The van der Waals surface area contributed by atoms with E-state index in [1.54, 1.807) is 0 Å². The average Bonchev–Trinajstić information content (AvgIpc) is 3.20. The summed E-state index contributed by atoms with van der Waals surface area (Å²) >= 11 is 0. The third kappa shape index (κ3) is 3.78. The van der Waals surface area contributed by atoms with Gasteiger partial charge < -0.3 is 0 Å². The number of anilines is 1. The summed E-state index contributed by atoms with van der Waals surface area (Å²) < 4.78 is 49.0. The largest absolute Gasteiger partial charge is 0.341 e. The summed E-state index contributed by atoms with van der Waals surface area (Å²) in [7, 11) is -4.62. The van der Waals surface area contributed by atoms with Gasteiger partial charge in [0.15, 0.2) is 0 Å². The van der Waals surface area contributed by atoms with Crippen molar-refractivity contribution in [2.45, 2.75) is 23.1 Å². The van der Waals surface area contributed by atoms with Gasteiger partial charge in [-0.25, -0.2) is 8.42 Å². The predicted octanol–water partition coefficient (Wildman–Crippen LogP) is 5.04. The number of rotatable bonds is 5. The third-order valence-electron chi connectivity index (χ3n) is 4.87. The monoisotopic (exact) mass is 412 g/mol. The second-order valence-corrected chi connectivity index (χ2v) is 8.61. The van der Waals surface area contributed by atoms with Crippen molar-refractivity contribution in [2.24, 2.45) is 5.10 Å². The zero-order chi connectivity index (χ0) is 20.4. The zero-order valence-corrected chi connectivity index (χ0v) is 16.1. The molecule has 148 valence electrons. The number of benzene rings is 3. The summed E-state index contributed by atoms with van der Waals surface area (Å²) in [6.45, 7) is 0. The molecule has 29 heavy (non-hydrogen) atoms. The normalized spacial score (nSPS) is 16.9. The number of hydrogen-bond acceptors (Lipinski definition) is 4. The molecular formula is C22H18F2N2O2S. The highest BCUT2D eigenvalue weighted by Crippen LogP contribution is 2.37. The molecule has 0 N–H and O–H groups in total. The second kappa shape index (κ2) is 7.75. The zero-order valence-electron chi connectivity index (χ0n) is 15.3. The van der Waals surface area contributed by atoms with Gasteiger partial charge in [-0.2, -0.15) is 13.9 Å². The van der Waals surface area contributed by atoms with Crippen LogP contribution in [-0.2, 0) is 9.84 Å². The van der Waals surface area contributed by atoms with E-state index in [1.165, 1.54) is 24.3 Å². The van der Waals surface area contributed by atoms with E-state index in [0.29, 0.717) is 12.1 Å². The van der Waals surface area contributed by atoms with Crippen LogP contribution in [0.3, 0.4) is 0 Å². The van der Waals surface area contributed by atoms with Gasteiger partial charge in [-0.15, -0.1) is 0 Å². The van der Waals surface area contributed by atoms with Gasteiger partial charge in [0.1, 0.15) is 0 Å². The van der Waals surface area contributed by atoms with Crippen LogP contribution in [0.25, 0.3) is 0 Å². The summed E-state index contributed by atoms with van der Waals surface area (Å²) in [6, 6.07) is 25.0. The van der Waals surface area contributed by atoms with Crippen LogP contribution in [-0.4, -0.2) is 19.9 Å². The van der Waals surface area contributed by atoms with Crippen molar-refractivity contribution in [1.82, 2.24) is 0 Å². The first-order chi connectivity index (χ1) is 14.0. The molecule has 0 saturated heterocycles. The summed E-state index contributed by atoms with van der Waals surface area (Å²) in [5.74, 6) is -3.44. The molecule has 4 nitrogen and oxygen atoms in total. The Labute approximate surface area is 168 Å². The van der Waals surface area contributed by atoms with Crippen LogP contribution in [0.2, 0.25) is 0 Å². The van der Waals surface area contributed by atoms with Crippen LogP contribution in [0.15, 0.2) is 94.9 Å². The van der Waals surface area contributed by atoms with Crippen molar-refractivity contribution in [3.63, 3.8) is 0 Å². The molecule has 4 rings (SSSR count). The van der Waals surface area contributed by atoms with Gasteiger partial charge in [-0.1, -0.05) is 60.7 Å². The molecule has 1 atom stereocenters. The maximum absolute atomic E-state index is 12.8. The molecule has 3 aromatic carbocycles. The Morgan fingerprint density at radius 1 is 0.862 bits per heavy atom.